The molecule has 0 amide bonds. The normalized spacial score (nSPS) is 12.8. The number of guanidine groups is 1. The maximum absolute atomic E-state index is 11.7. The summed E-state index contributed by atoms with van der Waals surface area (Å²) >= 11 is 1.79. The van der Waals surface area contributed by atoms with E-state index in [2.05, 4.69) is 34.7 Å². The molecule has 0 radical (unpaired) electrons. The first-order valence-corrected chi connectivity index (χ1v) is 8.56. The molecule has 5 nitrogen and oxygen atoms in total. The second kappa shape index (κ2) is 11.6. The number of thioether (sulfide) groups is 1. The van der Waals surface area contributed by atoms with Crippen molar-refractivity contribution in [1.29, 1.82) is 0 Å². The quantitative estimate of drug-likeness (QED) is 0.222. The van der Waals surface area contributed by atoms with Crippen LogP contribution in [0.5, 0.6) is 0 Å². The van der Waals surface area contributed by atoms with Crippen molar-refractivity contribution in [3.05, 3.63) is 30.3 Å². The van der Waals surface area contributed by atoms with E-state index in [0.29, 0.717) is 11.2 Å². The summed E-state index contributed by atoms with van der Waals surface area (Å²) in [7, 11) is 1.68. The van der Waals surface area contributed by atoms with Gasteiger partial charge in [0.1, 0.15) is 12.1 Å². The third kappa shape index (κ3) is 10.7. The molecule has 7 heteroatoms. The fraction of sp³-hybridized carbons (Fsp3) is 0.529. The summed E-state index contributed by atoms with van der Waals surface area (Å²) in [4.78, 5) is 17.0. The molecule has 1 rings (SSSR count). The molecule has 0 fully saturated rings. The van der Waals surface area contributed by atoms with Crippen molar-refractivity contribution in [3.8, 4) is 0 Å². The average molecular weight is 465 g/mol. The summed E-state index contributed by atoms with van der Waals surface area (Å²) in [6.07, 6.45) is 0. The van der Waals surface area contributed by atoms with Crippen molar-refractivity contribution >= 4 is 47.7 Å². The Balaban J connectivity index is 0.00000529. The topological polar surface area (TPSA) is 62.7 Å². The Morgan fingerprint density at radius 1 is 1.25 bits per heavy atom. The molecule has 24 heavy (non-hydrogen) atoms. The second-order valence-electron chi connectivity index (χ2n) is 6.13. The van der Waals surface area contributed by atoms with E-state index >= 15 is 0 Å². The Labute approximate surface area is 166 Å². The summed E-state index contributed by atoms with van der Waals surface area (Å²) in [5.74, 6) is 0.295. The lowest BCUT2D eigenvalue weighted by atomic mass is 10.2. The largest absolute Gasteiger partial charge is 0.459 e. The molecular weight excluding hydrogens is 437 g/mol. The Morgan fingerprint density at radius 3 is 2.42 bits per heavy atom. The molecule has 0 aliphatic carbocycles. The van der Waals surface area contributed by atoms with Gasteiger partial charge in [-0.15, -0.1) is 35.7 Å². The summed E-state index contributed by atoms with van der Waals surface area (Å²) in [6, 6.07) is 10.3. The van der Waals surface area contributed by atoms with Gasteiger partial charge in [-0.05, 0) is 32.9 Å². The molecule has 0 aliphatic rings. The highest BCUT2D eigenvalue weighted by Gasteiger charge is 2.16. The minimum Gasteiger partial charge on any atom is -0.459 e. The number of aliphatic imine (C=N–C) groups is 1. The zero-order chi connectivity index (χ0) is 17.3. The average Bonchev–Trinajstić information content (AvgIpc) is 2.46. The predicted molar refractivity (Wildman–Crippen MR) is 112 cm³/mol. The molecule has 0 saturated carbocycles. The lowest BCUT2D eigenvalue weighted by Crippen LogP contribution is -2.43. The Morgan fingerprint density at radius 2 is 1.88 bits per heavy atom. The molecule has 0 saturated heterocycles. The van der Waals surface area contributed by atoms with Crippen LogP contribution < -0.4 is 10.6 Å². The van der Waals surface area contributed by atoms with Gasteiger partial charge in [0.05, 0.1) is 0 Å². The molecule has 1 atom stereocenters. The highest BCUT2D eigenvalue weighted by molar-refractivity contribution is 14.0. The van der Waals surface area contributed by atoms with Gasteiger partial charge in [-0.25, -0.2) is 0 Å². The van der Waals surface area contributed by atoms with Gasteiger partial charge in [-0.2, -0.15) is 0 Å². The molecule has 1 unspecified atom stereocenters. The minimum absolute atomic E-state index is 0. The summed E-state index contributed by atoms with van der Waals surface area (Å²) < 4.78 is 5.25. The zero-order valence-corrected chi connectivity index (χ0v) is 18.1. The van der Waals surface area contributed by atoms with E-state index in [0.717, 1.165) is 6.54 Å². The summed E-state index contributed by atoms with van der Waals surface area (Å²) in [5, 5.41) is 6.56. The molecule has 136 valence electrons. The molecule has 2 N–H and O–H groups in total. The molecule has 0 heterocycles. The van der Waals surface area contributed by atoms with Gasteiger partial charge in [0.25, 0.3) is 0 Å². The highest BCUT2D eigenvalue weighted by atomic mass is 127. The Bertz CT molecular complexity index is 518. The maximum Gasteiger partial charge on any atom is 0.325 e. The van der Waals surface area contributed by atoms with Gasteiger partial charge in [-0.3, -0.25) is 9.79 Å². The van der Waals surface area contributed by atoms with Crippen LogP contribution in [0.25, 0.3) is 0 Å². The van der Waals surface area contributed by atoms with Crippen molar-refractivity contribution in [2.75, 3.05) is 20.1 Å². The molecular formula is C17H28IN3O2S. The number of rotatable bonds is 6. The van der Waals surface area contributed by atoms with Crippen molar-refractivity contribution < 1.29 is 9.53 Å². The van der Waals surface area contributed by atoms with Gasteiger partial charge in [0, 0.05) is 23.7 Å². The third-order valence-electron chi connectivity index (χ3n) is 2.68. The van der Waals surface area contributed by atoms with Gasteiger partial charge in [0.2, 0.25) is 0 Å². The van der Waals surface area contributed by atoms with Crippen LogP contribution in [-0.2, 0) is 9.53 Å². The predicted octanol–water partition coefficient (Wildman–Crippen LogP) is 3.29. The molecule has 0 bridgehead atoms. The number of halogens is 1. The highest BCUT2D eigenvalue weighted by Crippen LogP contribution is 2.21. The number of nitrogens with one attached hydrogen (secondary N) is 2. The lowest BCUT2D eigenvalue weighted by Gasteiger charge is -2.20. The third-order valence-corrected chi connectivity index (χ3v) is 3.79. The summed E-state index contributed by atoms with van der Waals surface area (Å²) in [5.41, 5.74) is -0.476. The van der Waals surface area contributed by atoms with Crippen molar-refractivity contribution in [3.63, 3.8) is 0 Å². The monoisotopic (exact) mass is 465 g/mol. The Hall–Kier alpha value is -0.960. The standard InChI is InChI=1S/C17H27N3O2S.HI/c1-13(23-14-9-7-6-8-10-14)11-19-16(18-5)20-12-15(21)22-17(2,3)4;/h6-10,13H,11-12H2,1-5H3,(H2,18,19,20);1H. The first kappa shape index (κ1) is 23.0. The Kier molecular flexibility index (Phi) is 11.1. The van der Waals surface area contributed by atoms with E-state index in [1.165, 1.54) is 4.90 Å². The van der Waals surface area contributed by atoms with Crippen LogP contribution in [0.15, 0.2) is 40.2 Å². The van der Waals surface area contributed by atoms with Gasteiger partial charge in [0.15, 0.2) is 5.96 Å². The molecule has 0 spiro atoms. The number of hydrogen-bond acceptors (Lipinski definition) is 4. The van der Waals surface area contributed by atoms with Gasteiger partial charge < -0.3 is 15.4 Å². The number of esters is 1. The van der Waals surface area contributed by atoms with Crippen LogP contribution in [0.3, 0.4) is 0 Å². The maximum atomic E-state index is 11.7. The van der Waals surface area contributed by atoms with Crippen LogP contribution in [0.2, 0.25) is 0 Å². The van der Waals surface area contributed by atoms with E-state index < -0.39 is 5.60 Å². The molecule has 1 aromatic carbocycles. The second-order valence-corrected chi connectivity index (χ2v) is 7.65. The summed E-state index contributed by atoms with van der Waals surface area (Å²) in [6.45, 7) is 8.53. The van der Waals surface area contributed by atoms with Crippen molar-refractivity contribution in [2.24, 2.45) is 4.99 Å². The van der Waals surface area contributed by atoms with E-state index in [-0.39, 0.29) is 36.5 Å². The first-order valence-electron chi connectivity index (χ1n) is 7.68. The van der Waals surface area contributed by atoms with E-state index in [9.17, 15) is 4.79 Å². The minimum atomic E-state index is -0.476. The molecule has 1 aromatic rings. The van der Waals surface area contributed by atoms with Crippen molar-refractivity contribution in [1.82, 2.24) is 10.6 Å². The number of benzene rings is 1. The fourth-order valence-electron chi connectivity index (χ4n) is 1.77. The van der Waals surface area contributed by atoms with Crippen LogP contribution in [-0.4, -0.2) is 42.9 Å². The number of carbonyl (C=O) groups is 1. The number of nitrogens with zero attached hydrogens (tertiary/aromatic N) is 1. The number of carbonyl (C=O) groups excluding carboxylic acids is 1. The lowest BCUT2D eigenvalue weighted by molar-refractivity contribution is -0.153. The smallest absolute Gasteiger partial charge is 0.325 e. The number of ether oxygens (including phenoxy) is 1. The zero-order valence-electron chi connectivity index (χ0n) is 15.0. The fourth-order valence-corrected chi connectivity index (χ4v) is 2.71. The first-order chi connectivity index (χ1) is 10.8. The molecule has 0 aliphatic heterocycles. The number of hydrogen-bond donors (Lipinski definition) is 2. The van der Waals surface area contributed by atoms with E-state index in [1.54, 1.807) is 18.8 Å². The molecule has 0 aromatic heterocycles. The van der Waals surface area contributed by atoms with Crippen LogP contribution >= 0.6 is 35.7 Å². The van der Waals surface area contributed by atoms with Crippen LogP contribution in [0.1, 0.15) is 27.7 Å². The SMILES string of the molecule is CN=C(NCC(=O)OC(C)(C)C)NCC(C)Sc1ccccc1.I. The van der Waals surface area contributed by atoms with Crippen molar-refractivity contribution in [2.45, 2.75) is 43.4 Å². The van der Waals surface area contributed by atoms with Crippen LogP contribution in [0.4, 0.5) is 0 Å². The van der Waals surface area contributed by atoms with Crippen LogP contribution in [0, 0.1) is 0 Å². The van der Waals surface area contributed by atoms with Gasteiger partial charge >= 0.3 is 5.97 Å². The van der Waals surface area contributed by atoms with E-state index in [1.807, 2.05) is 39.0 Å². The van der Waals surface area contributed by atoms with Gasteiger partial charge in [-0.1, -0.05) is 25.1 Å². The van der Waals surface area contributed by atoms with E-state index in [4.69, 9.17) is 4.74 Å².